The minimum Gasteiger partial charge on any atom is -0.494 e. The third-order valence-electron chi connectivity index (χ3n) is 3.95. The van der Waals surface area contributed by atoms with Crippen molar-refractivity contribution in [3.05, 3.63) is 59.4 Å². The molecule has 1 N–H and O–H groups in total. The van der Waals surface area contributed by atoms with Crippen LogP contribution in [0.2, 0.25) is 0 Å². The third kappa shape index (κ3) is 4.78. The molecule has 0 heterocycles. The normalized spacial score (nSPS) is 11.7. The number of benzene rings is 2. The first-order chi connectivity index (χ1) is 11.9. The van der Waals surface area contributed by atoms with Gasteiger partial charge in [0.1, 0.15) is 0 Å². The van der Waals surface area contributed by atoms with Crippen molar-refractivity contribution in [2.24, 2.45) is 0 Å². The highest BCUT2D eigenvalue weighted by atomic mass is 19.1. The molecule has 0 saturated heterocycles. The predicted octanol–water partition coefficient (Wildman–Crippen LogP) is 3.16. The summed E-state index contributed by atoms with van der Waals surface area (Å²) < 4.78 is 18.7. The highest BCUT2D eigenvalue weighted by Gasteiger charge is 2.19. The van der Waals surface area contributed by atoms with Crippen molar-refractivity contribution in [3.63, 3.8) is 0 Å². The van der Waals surface area contributed by atoms with Gasteiger partial charge in [0.15, 0.2) is 11.6 Å². The van der Waals surface area contributed by atoms with Crippen molar-refractivity contribution in [1.82, 2.24) is 4.90 Å². The molecular weight excluding hydrogens is 321 g/mol. The maximum Gasteiger partial charge on any atom is 0.241 e. The van der Waals surface area contributed by atoms with Crippen LogP contribution in [0.3, 0.4) is 0 Å². The van der Waals surface area contributed by atoms with E-state index in [4.69, 9.17) is 10.00 Å². The number of carbonyl (C=O) groups is 1. The number of ether oxygens (including phenoxy) is 1. The Labute approximate surface area is 146 Å². The van der Waals surface area contributed by atoms with Crippen molar-refractivity contribution >= 4 is 11.6 Å². The lowest BCUT2D eigenvalue weighted by molar-refractivity contribution is -0.120. The second-order valence-electron chi connectivity index (χ2n) is 5.74. The summed E-state index contributed by atoms with van der Waals surface area (Å²) in [6.07, 6.45) is 0. The molecule has 0 aliphatic heterocycles. The van der Waals surface area contributed by atoms with E-state index < -0.39 is 11.9 Å². The Morgan fingerprint density at radius 1 is 1.36 bits per heavy atom. The molecule has 0 radical (unpaired) electrons. The van der Waals surface area contributed by atoms with Gasteiger partial charge in [0.05, 0.1) is 24.8 Å². The van der Waals surface area contributed by atoms with Gasteiger partial charge in [-0.15, -0.1) is 0 Å². The smallest absolute Gasteiger partial charge is 0.241 e. The lowest BCUT2D eigenvalue weighted by Gasteiger charge is -2.24. The average Bonchev–Trinajstić information content (AvgIpc) is 2.61. The standard InChI is InChI=1S/C19H20FN3O2/c1-13(19(24)22-16-6-4-5-14(9-16)11-21)23(2)12-15-7-8-18(25-3)17(20)10-15/h4-10,13H,12H2,1-3H3,(H,22,24)/t13-/m0/s1. The third-order valence-corrected chi connectivity index (χ3v) is 3.95. The van der Waals surface area contributed by atoms with E-state index >= 15 is 0 Å². The zero-order valence-electron chi connectivity index (χ0n) is 14.4. The molecule has 0 aromatic heterocycles. The number of carbonyl (C=O) groups excluding carboxylic acids is 1. The minimum atomic E-state index is -0.434. The van der Waals surface area contributed by atoms with Gasteiger partial charge in [-0.25, -0.2) is 4.39 Å². The summed E-state index contributed by atoms with van der Waals surface area (Å²) in [5, 5.41) is 11.7. The molecule has 2 rings (SSSR count). The number of rotatable bonds is 6. The van der Waals surface area contributed by atoms with Crippen LogP contribution in [0, 0.1) is 17.1 Å². The summed E-state index contributed by atoms with van der Waals surface area (Å²) >= 11 is 0. The molecule has 2 aromatic rings. The van der Waals surface area contributed by atoms with E-state index in [1.165, 1.54) is 13.2 Å². The highest BCUT2D eigenvalue weighted by molar-refractivity contribution is 5.94. The maximum absolute atomic E-state index is 13.8. The monoisotopic (exact) mass is 341 g/mol. The molecule has 6 heteroatoms. The molecule has 2 aromatic carbocycles. The molecule has 0 spiro atoms. The van der Waals surface area contributed by atoms with Crippen LogP contribution in [0.5, 0.6) is 5.75 Å². The molecule has 0 aliphatic rings. The Hall–Kier alpha value is -2.91. The van der Waals surface area contributed by atoms with Crippen LogP contribution in [0.1, 0.15) is 18.1 Å². The van der Waals surface area contributed by atoms with Crippen LogP contribution in [0.25, 0.3) is 0 Å². The van der Waals surface area contributed by atoms with Crippen LogP contribution < -0.4 is 10.1 Å². The predicted molar refractivity (Wildman–Crippen MR) is 93.7 cm³/mol. The van der Waals surface area contributed by atoms with Gasteiger partial charge in [-0.2, -0.15) is 5.26 Å². The van der Waals surface area contributed by atoms with E-state index in [-0.39, 0.29) is 11.7 Å². The zero-order valence-corrected chi connectivity index (χ0v) is 14.4. The molecule has 0 unspecified atom stereocenters. The minimum absolute atomic E-state index is 0.189. The number of hydrogen-bond donors (Lipinski definition) is 1. The van der Waals surface area contributed by atoms with Gasteiger partial charge in [-0.05, 0) is 49.9 Å². The first kappa shape index (κ1) is 18.4. The molecule has 0 saturated carbocycles. The highest BCUT2D eigenvalue weighted by Crippen LogP contribution is 2.19. The molecule has 25 heavy (non-hydrogen) atoms. The number of amides is 1. The number of hydrogen-bond acceptors (Lipinski definition) is 4. The number of likely N-dealkylation sites (N-methyl/N-ethyl adjacent to an activating group) is 1. The van der Waals surface area contributed by atoms with E-state index in [9.17, 15) is 9.18 Å². The summed E-state index contributed by atoms with van der Waals surface area (Å²) in [5.74, 6) is -0.444. The quantitative estimate of drug-likeness (QED) is 0.876. The first-order valence-electron chi connectivity index (χ1n) is 7.78. The Kier molecular flexibility index (Phi) is 6.09. The number of nitriles is 1. The number of nitrogens with one attached hydrogen (secondary N) is 1. The fourth-order valence-corrected chi connectivity index (χ4v) is 2.35. The van der Waals surface area contributed by atoms with Crippen LogP contribution in [0.15, 0.2) is 42.5 Å². The molecule has 0 bridgehead atoms. The second kappa shape index (κ2) is 8.27. The lowest BCUT2D eigenvalue weighted by Crippen LogP contribution is -2.39. The van der Waals surface area contributed by atoms with Crippen molar-refractivity contribution in [2.45, 2.75) is 19.5 Å². The summed E-state index contributed by atoms with van der Waals surface area (Å²) in [6, 6.07) is 13.0. The van der Waals surface area contributed by atoms with Crippen LogP contribution in [-0.2, 0) is 11.3 Å². The van der Waals surface area contributed by atoms with Crippen molar-refractivity contribution in [1.29, 1.82) is 5.26 Å². The van der Waals surface area contributed by atoms with Gasteiger partial charge in [0.25, 0.3) is 0 Å². The SMILES string of the molecule is COc1ccc(CN(C)[C@@H](C)C(=O)Nc2cccc(C#N)c2)cc1F. The molecule has 1 amide bonds. The van der Waals surface area contributed by atoms with Gasteiger partial charge < -0.3 is 10.1 Å². The number of nitrogens with zero attached hydrogens (tertiary/aromatic N) is 2. The Morgan fingerprint density at radius 2 is 2.12 bits per heavy atom. The van der Waals surface area contributed by atoms with E-state index in [1.807, 2.05) is 11.0 Å². The van der Waals surface area contributed by atoms with Crippen LogP contribution >= 0.6 is 0 Å². The van der Waals surface area contributed by atoms with E-state index in [1.54, 1.807) is 50.4 Å². The second-order valence-corrected chi connectivity index (χ2v) is 5.74. The van der Waals surface area contributed by atoms with E-state index in [0.29, 0.717) is 17.8 Å². The first-order valence-corrected chi connectivity index (χ1v) is 7.78. The summed E-state index contributed by atoms with van der Waals surface area (Å²) in [7, 11) is 3.20. The van der Waals surface area contributed by atoms with Crippen LogP contribution in [0.4, 0.5) is 10.1 Å². The van der Waals surface area contributed by atoms with Gasteiger partial charge in [-0.1, -0.05) is 12.1 Å². The molecule has 0 aliphatic carbocycles. The Bertz CT molecular complexity index is 801. The molecule has 0 fully saturated rings. The fraction of sp³-hybridized carbons (Fsp3) is 0.263. The van der Waals surface area contributed by atoms with Crippen molar-refractivity contribution in [3.8, 4) is 11.8 Å². The van der Waals surface area contributed by atoms with E-state index in [2.05, 4.69) is 5.32 Å². The van der Waals surface area contributed by atoms with E-state index in [0.717, 1.165) is 5.56 Å². The van der Waals surface area contributed by atoms with Crippen LogP contribution in [-0.4, -0.2) is 31.0 Å². The number of methoxy groups -OCH3 is 1. The lowest BCUT2D eigenvalue weighted by atomic mass is 10.1. The maximum atomic E-state index is 13.8. The molecule has 1 atom stereocenters. The van der Waals surface area contributed by atoms with Gasteiger partial charge in [0, 0.05) is 12.2 Å². The molecular formula is C19H20FN3O2. The number of anilines is 1. The number of halogens is 1. The molecule has 5 nitrogen and oxygen atoms in total. The van der Waals surface area contributed by atoms with Crippen molar-refractivity contribution in [2.75, 3.05) is 19.5 Å². The summed E-state index contributed by atoms with van der Waals surface area (Å²) in [4.78, 5) is 14.2. The molecule has 130 valence electrons. The van der Waals surface area contributed by atoms with Gasteiger partial charge in [0.2, 0.25) is 5.91 Å². The summed E-state index contributed by atoms with van der Waals surface area (Å²) in [6.45, 7) is 2.18. The largest absolute Gasteiger partial charge is 0.494 e. The topological polar surface area (TPSA) is 65.4 Å². The Morgan fingerprint density at radius 3 is 2.76 bits per heavy atom. The zero-order chi connectivity index (χ0) is 18.4. The Balaban J connectivity index is 2.01. The fourth-order valence-electron chi connectivity index (χ4n) is 2.35. The summed E-state index contributed by atoms with van der Waals surface area (Å²) in [5.41, 5.74) is 1.79. The average molecular weight is 341 g/mol. The van der Waals surface area contributed by atoms with Crippen molar-refractivity contribution < 1.29 is 13.9 Å². The van der Waals surface area contributed by atoms with Gasteiger partial charge >= 0.3 is 0 Å². The van der Waals surface area contributed by atoms with Gasteiger partial charge in [-0.3, -0.25) is 9.69 Å².